The number of nitrogens with one attached hydrogen (secondary N) is 1. The molecule has 1 saturated heterocycles. The predicted molar refractivity (Wildman–Crippen MR) is 87.3 cm³/mol. The van der Waals surface area contributed by atoms with Gasteiger partial charge in [-0.2, -0.15) is 0 Å². The number of hydrogen-bond donors (Lipinski definition) is 1. The molecule has 0 aromatic heterocycles. The van der Waals surface area contributed by atoms with E-state index >= 15 is 0 Å². The molecular weight excluding hydrogens is 264 g/mol. The smallest absolute Gasteiger partial charge is 0.121 e. The van der Waals surface area contributed by atoms with E-state index in [1.165, 1.54) is 6.42 Å². The summed E-state index contributed by atoms with van der Waals surface area (Å²) in [7, 11) is 4.07. The first-order valence-electron chi connectivity index (χ1n) is 7.95. The van der Waals surface area contributed by atoms with Crippen molar-refractivity contribution in [2.24, 2.45) is 0 Å². The molecule has 0 aliphatic carbocycles. The molecule has 1 N–H and O–H groups in total. The Labute approximate surface area is 128 Å². The van der Waals surface area contributed by atoms with Gasteiger partial charge in [0.25, 0.3) is 0 Å². The van der Waals surface area contributed by atoms with Gasteiger partial charge in [-0.05, 0) is 37.9 Å². The normalized spacial score (nSPS) is 21.5. The van der Waals surface area contributed by atoms with E-state index in [9.17, 15) is 0 Å². The molecule has 0 spiro atoms. The van der Waals surface area contributed by atoms with Crippen LogP contribution in [0.4, 0.5) is 5.69 Å². The van der Waals surface area contributed by atoms with Crippen LogP contribution in [0.15, 0.2) is 24.3 Å². The fourth-order valence-corrected chi connectivity index (χ4v) is 2.53. The van der Waals surface area contributed by atoms with Crippen molar-refractivity contribution in [1.29, 1.82) is 0 Å². The van der Waals surface area contributed by atoms with Crippen molar-refractivity contribution in [3.8, 4) is 5.75 Å². The third-order valence-electron chi connectivity index (χ3n) is 3.76. The summed E-state index contributed by atoms with van der Waals surface area (Å²) in [5, 5.41) is 3.42. The van der Waals surface area contributed by atoms with E-state index in [4.69, 9.17) is 9.47 Å². The lowest BCUT2D eigenvalue weighted by Crippen LogP contribution is -2.28. The Bertz CT molecular complexity index is 423. The lowest BCUT2D eigenvalue weighted by molar-refractivity contribution is 0.0187. The molecule has 1 aliphatic rings. The zero-order valence-corrected chi connectivity index (χ0v) is 13.5. The molecule has 2 atom stereocenters. The third kappa shape index (κ3) is 5.21. The number of ether oxygens (including phenoxy) is 2. The van der Waals surface area contributed by atoms with Crippen LogP contribution in [0.1, 0.15) is 26.2 Å². The summed E-state index contributed by atoms with van der Waals surface area (Å²) in [6.45, 7) is 4.85. The van der Waals surface area contributed by atoms with Crippen molar-refractivity contribution in [1.82, 2.24) is 5.32 Å². The maximum atomic E-state index is 6.01. The minimum Gasteiger partial charge on any atom is -0.491 e. The van der Waals surface area contributed by atoms with E-state index in [1.54, 1.807) is 0 Å². The summed E-state index contributed by atoms with van der Waals surface area (Å²) >= 11 is 0. The van der Waals surface area contributed by atoms with Crippen molar-refractivity contribution in [2.45, 2.75) is 38.4 Å². The molecule has 4 heteroatoms. The van der Waals surface area contributed by atoms with Crippen molar-refractivity contribution in [3.63, 3.8) is 0 Å². The van der Waals surface area contributed by atoms with E-state index in [2.05, 4.69) is 29.3 Å². The van der Waals surface area contributed by atoms with Crippen LogP contribution in [0.25, 0.3) is 0 Å². The lowest BCUT2D eigenvalue weighted by Gasteiger charge is -2.17. The summed E-state index contributed by atoms with van der Waals surface area (Å²) in [4.78, 5) is 2.08. The molecular formula is C17H28N2O2. The standard InChI is InChI=1S/C17H28N2O2/c1-4-10-18-12-16-8-9-17(21-16)13-20-15-7-5-6-14(11-15)19(2)3/h5-7,11,16-18H,4,8-10,12-13H2,1-3H3. The summed E-state index contributed by atoms with van der Waals surface area (Å²) in [6, 6.07) is 8.17. The van der Waals surface area contributed by atoms with Gasteiger partial charge < -0.3 is 19.7 Å². The van der Waals surface area contributed by atoms with Gasteiger partial charge in [0, 0.05) is 32.4 Å². The quantitative estimate of drug-likeness (QED) is 0.747. The fourth-order valence-electron chi connectivity index (χ4n) is 2.53. The molecule has 2 rings (SSSR count). The number of hydrogen-bond acceptors (Lipinski definition) is 4. The second kappa shape index (κ2) is 8.25. The first kappa shape index (κ1) is 16.1. The average molecular weight is 292 g/mol. The summed E-state index contributed by atoms with van der Waals surface area (Å²) in [5.41, 5.74) is 1.15. The Hall–Kier alpha value is -1.26. The topological polar surface area (TPSA) is 33.7 Å². The van der Waals surface area contributed by atoms with E-state index in [-0.39, 0.29) is 6.10 Å². The van der Waals surface area contributed by atoms with Gasteiger partial charge in [-0.15, -0.1) is 0 Å². The average Bonchev–Trinajstić information content (AvgIpc) is 2.94. The van der Waals surface area contributed by atoms with Crippen LogP contribution < -0.4 is 15.0 Å². The molecule has 2 unspecified atom stereocenters. The molecule has 1 aromatic carbocycles. The minimum atomic E-state index is 0.224. The highest BCUT2D eigenvalue weighted by Crippen LogP contribution is 2.23. The summed E-state index contributed by atoms with van der Waals surface area (Å²) in [5.74, 6) is 0.914. The highest BCUT2D eigenvalue weighted by Gasteiger charge is 2.25. The van der Waals surface area contributed by atoms with Gasteiger partial charge in [0.2, 0.25) is 0 Å². The Morgan fingerprint density at radius 3 is 2.86 bits per heavy atom. The highest BCUT2D eigenvalue weighted by atomic mass is 16.5. The largest absolute Gasteiger partial charge is 0.491 e. The van der Waals surface area contributed by atoms with Crippen molar-refractivity contribution in [2.75, 3.05) is 38.7 Å². The lowest BCUT2D eigenvalue weighted by atomic mass is 10.2. The maximum absolute atomic E-state index is 6.01. The molecule has 21 heavy (non-hydrogen) atoms. The van der Waals surface area contributed by atoms with Crippen LogP contribution in [0, 0.1) is 0 Å². The number of nitrogens with zero attached hydrogens (tertiary/aromatic N) is 1. The Morgan fingerprint density at radius 2 is 2.10 bits per heavy atom. The molecule has 4 nitrogen and oxygen atoms in total. The van der Waals surface area contributed by atoms with Crippen LogP contribution in [0.5, 0.6) is 5.75 Å². The van der Waals surface area contributed by atoms with Crippen LogP contribution in [0.2, 0.25) is 0 Å². The Kier molecular flexibility index (Phi) is 6.33. The van der Waals surface area contributed by atoms with Gasteiger partial charge in [-0.25, -0.2) is 0 Å². The Balaban J connectivity index is 1.73. The summed E-state index contributed by atoms with van der Waals surface area (Å²) in [6.07, 6.45) is 3.95. The number of anilines is 1. The molecule has 1 heterocycles. The van der Waals surface area contributed by atoms with Gasteiger partial charge in [0.1, 0.15) is 12.4 Å². The molecule has 0 saturated carbocycles. The van der Waals surface area contributed by atoms with E-state index in [0.29, 0.717) is 12.7 Å². The molecule has 1 aliphatic heterocycles. The van der Waals surface area contributed by atoms with Crippen molar-refractivity contribution >= 4 is 5.69 Å². The maximum Gasteiger partial charge on any atom is 0.121 e. The van der Waals surface area contributed by atoms with Crippen molar-refractivity contribution in [3.05, 3.63) is 24.3 Å². The summed E-state index contributed by atoms with van der Waals surface area (Å²) < 4.78 is 11.9. The second-order valence-electron chi connectivity index (χ2n) is 5.86. The molecule has 1 fully saturated rings. The number of benzene rings is 1. The zero-order valence-electron chi connectivity index (χ0n) is 13.5. The first-order chi connectivity index (χ1) is 10.2. The number of rotatable bonds is 8. The van der Waals surface area contributed by atoms with Crippen LogP contribution in [-0.2, 0) is 4.74 Å². The van der Waals surface area contributed by atoms with E-state index in [0.717, 1.165) is 37.4 Å². The molecule has 118 valence electrons. The van der Waals surface area contributed by atoms with Gasteiger partial charge in [0.15, 0.2) is 0 Å². The van der Waals surface area contributed by atoms with Crippen LogP contribution in [-0.4, -0.2) is 46.0 Å². The third-order valence-corrected chi connectivity index (χ3v) is 3.76. The fraction of sp³-hybridized carbons (Fsp3) is 0.647. The van der Waals surface area contributed by atoms with Gasteiger partial charge in [-0.3, -0.25) is 0 Å². The first-order valence-corrected chi connectivity index (χ1v) is 7.95. The SMILES string of the molecule is CCCNCC1CCC(COc2cccc(N(C)C)c2)O1. The van der Waals surface area contributed by atoms with E-state index in [1.807, 2.05) is 26.2 Å². The monoisotopic (exact) mass is 292 g/mol. The van der Waals surface area contributed by atoms with E-state index < -0.39 is 0 Å². The minimum absolute atomic E-state index is 0.224. The second-order valence-corrected chi connectivity index (χ2v) is 5.86. The molecule has 1 aromatic rings. The molecule has 0 amide bonds. The zero-order chi connectivity index (χ0) is 15.1. The van der Waals surface area contributed by atoms with Gasteiger partial charge in [-0.1, -0.05) is 13.0 Å². The van der Waals surface area contributed by atoms with Crippen LogP contribution in [0.3, 0.4) is 0 Å². The highest BCUT2D eigenvalue weighted by molar-refractivity contribution is 5.49. The van der Waals surface area contributed by atoms with Gasteiger partial charge in [0.05, 0.1) is 12.2 Å². The molecule has 0 radical (unpaired) electrons. The van der Waals surface area contributed by atoms with Crippen LogP contribution >= 0.6 is 0 Å². The Morgan fingerprint density at radius 1 is 1.29 bits per heavy atom. The molecule has 0 bridgehead atoms. The predicted octanol–water partition coefficient (Wildman–Crippen LogP) is 2.68. The van der Waals surface area contributed by atoms with Crippen molar-refractivity contribution < 1.29 is 9.47 Å². The van der Waals surface area contributed by atoms with Gasteiger partial charge >= 0.3 is 0 Å².